The molecule has 0 aliphatic heterocycles. The van der Waals surface area contributed by atoms with E-state index >= 15 is 0 Å². The van der Waals surface area contributed by atoms with Crippen LogP contribution in [0.15, 0.2) is 0 Å². The number of carbonyl (C=O) groups is 2. The van der Waals surface area contributed by atoms with Gasteiger partial charge in [0.05, 0.1) is 5.69 Å². The molecule has 0 spiro atoms. The van der Waals surface area contributed by atoms with Crippen LogP contribution >= 0.6 is 0 Å². The van der Waals surface area contributed by atoms with Crippen molar-refractivity contribution in [2.75, 3.05) is 13.1 Å². The Balaban J connectivity index is 2.83. The zero-order chi connectivity index (χ0) is 16.0. The van der Waals surface area contributed by atoms with Crippen molar-refractivity contribution in [2.45, 2.75) is 39.7 Å². The predicted octanol–water partition coefficient (Wildman–Crippen LogP) is 0.201. The van der Waals surface area contributed by atoms with Crippen LogP contribution in [0.5, 0.6) is 0 Å². The molecule has 1 aromatic rings. The molecule has 118 valence electrons. The normalized spacial score (nSPS) is 12.4. The van der Waals surface area contributed by atoms with Gasteiger partial charge >= 0.3 is 5.97 Å². The highest BCUT2D eigenvalue weighted by atomic mass is 16.4. The summed E-state index contributed by atoms with van der Waals surface area (Å²) in [7, 11) is 0. The summed E-state index contributed by atoms with van der Waals surface area (Å²) in [5, 5.41) is 19.3. The number of hydrogen-bond acceptors (Lipinski definition) is 5. The number of amides is 1. The van der Waals surface area contributed by atoms with E-state index in [-0.39, 0.29) is 18.1 Å². The van der Waals surface area contributed by atoms with Gasteiger partial charge in [-0.3, -0.25) is 4.79 Å². The summed E-state index contributed by atoms with van der Waals surface area (Å²) in [6.07, 6.45) is 1.18. The molecule has 1 amide bonds. The smallest absolute Gasteiger partial charge is 0.358 e. The number of nitrogens with two attached hydrogens (primary N) is 1. The Morgan fingerprint density at radius 1 is 1.38 bits per heavy atom. The zero-order valence-electron chi connectivity index (χ0n) is 12.7. The van der Waals surface area contributed by atoms with Gasteiger partial charge in [0, 0.05) is 13.0 Å². The quantitative estimate of drug-likeness (QED) is 0.630. The van der Waals surface area contributed by atoms with E-state index in [4.69, 9.17) is 10.8 Å². The van der Waals surface area contributed by atoms with Crippen molar-refractivity contribution in [1.29, 1.82) is 0 Å². The number of nitrogens with one attached hydrogen (secondary N) is 1. The average molecular weight is 297 g/mol. The van der Waals surface area contributed by atoms with Crippen molar-refractivity contribution in [2.24, 2.45) is 11.7 Å². The Bertz CT molecular complexity index is 498. The molecular formula is C13H23N5O3. The summed E-state index contributed by atoms with van der Waals surface area (Å²) in [6.45, 7) is 6.64. The third-order valence-corrected chi connectivity index (χ3v) is 3.14. The van der Waals surface area contributed by atoms with Gasteiger partial charge < -0.3 is 16.2 Å². The van der Waals surface area contributed by atoms with Crippen molar-refractivity contribution in [1.82, 2.24) is 20.3 Å². The fourth-order valence-electron chi connectivity index (χ4n) is 1.90. The van der Waals surface area contributed by atoms with Crippen LogP contribution in [-0.2, 0) is 11.2 Å². The lowest BCUT2D eigenvalue weighted by Gasteiger charge is -2.15. The summed E-state index contributed by atoms with van der Waals surface area (Å²) in [4.78, 5) is 23.2. The molecule has 8 nitrogen and oxygen atoms in total. The van der Waals surface area contributed by atoms with Crippen LogP contribution in [-0.4, -0.2) is 45.1 Å². The molecule has 1 aromatic heterocycles. The number of carboxylic acids is 1. The Morgan fingerprint density at radius 3 is 2.57 bits per heavy atom. The van der Waals surface area contributed by atoms with Crippen molar-refractivity contribution < 1.29 is 14.7 Å². The Hall–Kier alpha value is -1.96. The summed E-state index contributed by atoms with van der Waals surface area (Å²) in [6, 6.07) is -0.626. The first-order chi connectivity index (χ1) is 9.88. The van der Waals surface area contributed by atoms with Crippen LogP contribution in [0.2, 0.25) is 0 Å². The second kappa shape index (κ2) is 7.72. The maximum absolute atomic E-state index is 12.1. The van der Waals surface area contributed by atoms with Crippen LogP contribution in [0.3, 0.4) is 0 Å². The standard InChI is InChI=1S/C13H23N5O3/c1-8(2)5-7-15-12(19)9(3)18-10(4-6-14)11(13(20)21)16-17-18/h8-9H,4-7,14H2,1-3H3,(H,15,19)(H,20,21). The highest BCUT2D eigenvalue weighted by molar-refractivity contribution is 5.87. The van der Waals surface area contributed by atoms with E-state index in [0.717, 1.165) is 6.42 Å². The molecule has 21 heavy (non-hydrogen) atoms. The topological polar surface area (TPSA) is 123 Å². The molecule has 0 fully saturated rings. The second-order valence-electron chi connectivity index (χ2n) is 5.32. The number of nitrogens with zero attached hydrogens (tertiary/aromatic N) is 3. The fourth-order valence-corrected chi connectivity index (χ4v) is 1.90. The molecule has 0 saturated heterocycles. The van der Waals surface area contributed by atoms with E-state index < -0.39 is 12.0 Å². The Labute approximate surface area is 123 Å². The van der Waals surface area contributed by atoms with Gasteiger partial charge in [-0.15, -0.1) is 5.10 Å². The van der Waals surface area contributed by atoms with E-state index in [1.54, 1.807) is 6.92 Å². The minimum absolute atomic E-state index is 0.151. The maximum atomic E-state index is 12.1. The molecule has 1 heterocycles. The molecule has 4 N–H and O–H groups in total. The van der Waals surface area contributed by atoms with Crippen molar-refractivity contribution >= 4 is 11.9 Å². The first-order valence-electron chi connectivity index (χ1n) is 7.03. The SMILES string of the molecule is CC(C)CCNC(=O)C(C)n1nnc(C(=O)O)c1CCN. The van der Waals surface area contributed by atoms with E-state index in [2.05, 4.69) is 29.5 Å². The van der Waals surface area contributed by atoms with Crippen molar-refractivity contribution in [3.8, 4) is 0 Å². The third kappa shape index (κ3) is 4.52. The summed E-state index contributed by atoms with van der Waals surface area (Å²) in [5.41, 5.74) is 5.71. The van der Waals surface area contributed by atoms with Gasteiger partial charge in [0.2, 0.25) is 5.91 Å². The van der Waals surface area contributed by atoms with Gasteiger partial charge in [-0.05, 0) is 25.8 Å². The number of rotatable bonds is 8. The molecule has 1 unspecified atom stereocenters. The molecule has 1 atom stereocenters. The molecule has 0 aliphatic rings. The molecule has 0 saturated carbocycles. The van der Waals surface area contributed by atoms with E-state index in [0.29, 0.717) is 24.6 Å². The summed E-state index contributed by atoms with van der Waals surface area (Å²) in [5.74, 6) is -0.883. The molecule has 0 radical (unpaired) electrons. The zero-order valence-corrected chi connectivity index (χ0v) is 12.7. The summed E-state index contributed by atoms with van der Waals surface area (Å²) < 4.78 is 1.33. The van der Waals surface area contributed by atoms with Gasteiger partial charge in [-0.1, -0.05) is 19.1 Å². The monoisotopic (exact) mass is 297 g/mol. The Kier molecular flexibility index (Phi) is 6.29. The van der Waals surface area contributed by atoms with Crippen LogP contribution in [0, 0.1) is 5.92 Å². The third-order valence-electron chi connectivity index (χ3n) is 3.14. The second-order valence-corrected chi connectivity index (χ2v) is 5.32. The van der Waals surface area contributed by atoms with E-state index in [9.17, 15) is 9.59 Å². The Morgan fingerprint density at radius 2 is 2.05 bits per heavy atom. The van der Waals surface area contributed by atoms with Crippen molar-refractivity contribution in [3.63, 3.8) is 0 Å². The van der Waals surface area contributed by atoms with Gasteiger partial charge in [-0.2, -0.15) is 0 Å². The predicted molar refractivity (Wildman–Crippen MR) is 76.9 cm³/mol. The molecule has 0 aromatic carbocycles. The minimum atomic E-state index is -1.17. The molecular weight excluding hydrogens is 274 g/mol. The average Bonchev–Trinajstić information content (AvgIpc) is 2.81. The van der Waals surface area contributed by atoms with Gasteiger partial charge in [0.25, 0.3) is 0 Å². The van der Waals surface area contributed by atoms with Crippen LogP contribution in [0.1, 0.15) is 49.4 Å². The van der Waals surface area contributed by atoms with Crippen LogP contribution < -0.4 is 11.1 Å². The first-order valence-corrected chi connectivity index (χ1v) is 7.03. The highest BCUT2D eigenvalue weighted by Gasteiger charge is 2.24. The summed E-state index contributed by atoms with van der Waals surface area (Å²) >= 11 is 0. The highest BCUT2D eigenvalue weighted by Crippen LogP contribution is 2.13. The fraction of sp³-hybridized carbons (Fsp3) is 0.692. The number of hydrogen-bond donors (Lipinski definition) is 3. The van der Waals surface area contributed by atoms with Gasteiger partial charge in [0.15, 0.2) is 5.69 Å². The molecule has 0 aliphatic carbocycles. The lowest BCUT2D eigenvalue weighted by atomic mass is 10.1. The lowest BCUT2D eigenvalue weighted by Crippen LogP contribution is -2.33. The largest absolute Gasteiger partial charge is 0.476 e. The van der Waals surface area contributed by atoms with Gasteiger partial charge in [0.1, 0.15) is 6.04 Å². The van der Waals surface area contributed by atoms with Gasteiger partial charge in [-0.25, -0.2) is 9.48 Å². The van der Waals surface area contributed by atoms with Crippen molar-refractivity contribution in [3.05, 3.63) is 11.4 Å². The molecule has 0 bridgehead atoms. The maximum Gasteiger partial charge on any atom is 0.358 e. The van der Waals surface area contributed by atoms with Crippen LogP contribution in [0.4, 0.5) is 0 Å². The first kappa shape index (κ1) is 17.1. The minimum Gasteiger partial charge on any atom is -0.476 e. The van der Waals surface area contributed by atoms with E-state index in [1.807, 2.05) is 0 Å². The number of aromatic nitrogens is 3. The lowest BCUT2D eigenvalue weighted by molar-refractivity contribution is -0.124. The number of aromatic carboxylic acids is 1. The number of carboxylic acid groups (broad SMARTS) is 1. The van der Waals surface area contributed by atoms with Crippen LogP contribution in [0.25, 0.3) is 0 Å². The van der Waals surface area contributed by atoms with E-state index in [1.165, 1.54) is 4.68 Å². The number of carbonyl (C=O) groups excluding carboxylic acids is 1. The molecule has 1 rings (SSSR count). The molecule has 8 heteroatoms.